The molecule has 1 aromatic rings. The molecular weight excluding hydrogens is 216 g/mol. The van der Waals surface area contributed by atoms with E-state index in [1.54, 1.807) is 6.92 Å². The predicted molar refractivity (Wildman–Crippen MR) is 67.4 cm³/mol. The highest BCUT2D eigenvalue weighted by molar-refractivity contribution is 5.81. The van der Waals surface area contributed by atoms with Gasteiger partial charge in [-0.2, -0.15) is 0 Å². The molecule has 3 nitrogen and oxygen atoms in total. The van der Waals surface area contributed by atoms with Crippen LogP contribution in [0.1, 0.15) is 37.8 Å². The van der Waals surface area contributed by atoms with Gasteiger partial charge in [-0.3, -0.25) is 4.79 Å². The summed E-state index contributed by atoms with van der Waals surface area (Å²) in [4.78, 5) is 11.4. The molecule has 0 radical (unpaired) electrons. The molecule has 0 fully saturated rings. The predicted octanol–water partition coefficient (Wildman–Crippen LogP) is 2.80. The van der Waals surface area contributed by atoms with Crippen LogP contribution in [0.3, 0.4) is 0 Å². The summed E-state index contributed by atoms with van der Waals surface area (Å²) in [5.41, 5.74) is 1.000. The Morgan fingerprint density at radius 1 is 1.35 bits per heavy atom. The zero-order valence-electron chi connectivity index (χ0n) is 10.9. The van der Waals surface area contributed by atoms with Crippen molar-refractivity contribution in [3.63, 3.8) is 0 Å². The Labute approximate surface area is 102 Å². The first-order valence-electron chi connectivity index (χ1n) is 5.74. The number of methoxy groups -OCH3 is 1. The van der Waals surface area contributed by atoms with Gasteiger partial charge >= 0.3 is 5.97 Å². The number of rotatable bonds is 5. The monoisotopic (exact) mass is 236 g/mol. The van der Waals surface area contributed by atoms with E-state index in [1.807, 2.05) is 24.3 Å². The molecule has 1 unspecified atom stereocenters. The molecule has 0 aromatic heterocycles. The Morgan fingerprint density at radius 3 is 2.24 bits per heavy atom. The summed E-state index contributed by atoms with van der Waals surface area (Å²) in [7, 11) is 1.52. The zero-order chi connectivity index (χ0) is 13.1. The molecule has 0 aliphatic heterocycles. The van der Waals surface area contributed by atoms with Gasteiger partial charge < -0.3 is 9.84 Å². The van der Waals surface area contributed by atoms with Crippen LogP contribution in [0, 0.1) is 0 Å². The van der Waals surface area contributed by atoms with E-state index in [-0.39, 0.29) is 6.61 Å². The highest BCUT2D eigenvalue weighted by Gasteiger charge is 2.35. The molecule has 1 aromatic carbocycles. The maximum Gasteiger partial charge on any atom is 0.316 e. The van der Waals surface area contributed by atoms with Crippen LogP contribution in [-0.4, -0.2) is 24.8 Å². The van der Waals surface area contributed by atoms with Crippen molar-refractivity contribution in [2.45, 2.75) is 32.1 Å². The maximum atomic E-state index is 11.4. The van der Waals surface area contributed by atoms with Crippen molar-refractivity contribution in [1.82, 2.24) is 0 Å². The first-order chi connectivity index (χ1) is 7.91. The van der Waals surface area contributed by atoms with Crippen molar-refractivity contribution >= 4 is 5.97 Å². The molecule has 0 heterocycles. The van der Waals surface area contributed by atoms with Crippen LogP contribution in [0.15, 0.2) is 24.3 Å². The van der Waals surface area contributed by atoms with Gasteiger partial charge in [0, 0.05) is 7.11 Å². The highest BCUT2D eigenvalue weighted by atomic mass is 16.5. The van der Waals surface area contributed by atoms with Crippen LogP contribution in [0.25, 0.3) is 0 Å². The van der Waals surface area contributed by atoms with Crippen molar-refractivity contribution in [3.05, 3.63) is 35.4 Å². The van der Waals surface area contributed by atoms with E-state index in [9.17, 15) is 9.90 Å². The molecule has 0 saturated heterocycles. The minimum Gasteiger partial charge on any atom is -0.481 e. The molecule has 3 heteroatoms. The molecule has 0 aliphatic carbocycles. The SMILES string of the molecule is COCC(C)(C(=O)O)c1ccc(C(C)C)cc1. The first-order valence-corrected chi connectivity index (χ1v) is 5.74. The van der Waals surface area contributed by atoms with Gasteiger partial charge in [-0.1, -0.05) is 38.1 Å². The Balaban J connectivity index is 3.08. The average Bonchev–Trinajstić information content (AvgIpc) is 2.29. The zero-order valence-corrected chi connectivity index (χ0v) is 10.9. The first kappa shape index (κ1) is 13.7. The molecule has 0 amide bonds. The van der Waals surface area contributed by atoms with Crippen molar-refractivity contribution in [2.24, 2.45) is 0 Å². The number of carboxylic acids is 1. The fourth-order valence-electron chi connectivity index (χ4n) is 1.79. The van der Waals surface area contributed by atoms with Gasteiger partial charge in [0.05, 0.1) is 6.61 Å². The molecule has 1 atom stereocenters. The smallest absolute Gasteiger partial charge is 0.316 e. The second-order valence-electron chi connectivity index (χ2n) is 4.85. The second kappa shape index (κ2) is 5.32. The molecule has 0 saturated carbocycles. The number of hydrogen-bond donors (Lipinski definition) is 1. The minimum atomic E-state index is -0.982. The third-order valence-electron chi connectivity index (χ3n) is 3.12. The molecule has 17 heavy (non-hydrogen) atoms. The topological polar surface area (TPSA) is 46.5 Å². The minimum absolute atomic E-state index is 0.170. The molecule has 94 valence electrons. The standard InChI is InChI=1S/C14H20O3/c1-10(2)11-5-7-12(8-6-11)14(3,9-17-4)13(15)16/h5-8,10H,9H2,1-4H3,(H,15,16). The van der Waals surface area contributed by atoms with Crippen LogP contribution >= 0.6 is 0 Å². The van der Waals surface area contributed by atoms with Crippen molar-refractivity contribution in [3.8, 4) is 0 Å². The fourth-order valence-corrected chi connectivity index (χ4v) is 1.79. The summed E-state index contributed by atoms with van der Waals surface area (Å²) >= 11 is 0. The fraction of sp³-hybridized carbons (Fsp3) is 0.500. The number of aliphatic carboxylic acids is 1. The van der Waals surface area contributed by atoms with Crippen LogP contribution in [-0.2, 0) is 14.9 Å². The number of hydrogen-bond acceptors (Lipinski definition) is 2. The number of carbonyl (C=O) groups is 1. The third kappa shape index (κ3) is 2.86. The van der Waals surface area contributed by atoms with E-state index in [1.165, 1.54) is 12.7 Å². The van der Waals surface area contributed by atoms with E-state index >= 15 is 0 Å². The van der Waals surface area contributed by atoms with Crippen LogP contribution in [0.4, 0.5) is 0 Å². The van der Waals surface area contributed by atoms with Gasteiger partial charge in [-0.05, 0) is 24.0 Å². The van der Waals surface area contributed by atoms with Crippen LogP contribution in [0.2, 0.25) is 0 Å². The number of carboxylic acid groups (broad SMARTS) is 1. The summed E-state index contributed by atoms with van der Waals surface area (Å²) in [6.45, 7) is 6.08. The average molecular weight is 236 g/mol. The lowest BCUT2D eigenvalue weighted by Gasteiger charge is -2.24. The van der Waals surface area contributed by atoms with E-state index in [0.29, 0.717) is 5.92 Å². The van der Waals surface area contributed by atoms with E-state index in [2.05, 4.69) is 13.8 Å². The van der Waals surface area contributed by atoms with Crippen LogP contribution < -0.4 is 0 Å². The maximum absolute atomic E-state index is 11.4. The van der Waals surface area contributed by atoms with E-state index in [4.69, 9.17) is 4.74 Å². The van der Waals surface area contributed by atoms with Gasteiger partial charge in [-0.25, -0.2) is 0 Å². The number of benzene rings is 1. The van der Waals surface area contributed by atoms with Gasteiger partial charge in [0.1, 0.15) is 5.41 Å². The molecule has 1 rings (SSSR count). The van der Waals surface area contributed by atoms with Crippen molar-refractivity contribution < 1.29 is 14.6 Å². The molecule has 1 N–H and O–H groups in total. The normalized spacial score (nSPS) is 14.6. The third-order valence-corrected chi connectivity index (χ3v) is 3.12. The number of ether oxygens (including phenoxy) is 1. The van der Waals surface area contributed by atoms with Crippen molar-refractivity contribution in [2.75, 3.05) is 13.7 Å². The summed E-state index contributed by atoms with van der Waals surface area (Å²) < 4.78 is 5.02. The Hall–Kier alpha value is -1.35. The van der Waals surface area contributed by atoms with E-state index < -0.39 is 11.4 Å². The van der Waals surface area contributed by atoms with E-state index in [0.717, 1.165) is 5.56 Å². The van der Waals surface area contributed by atoms with Gasteiger partial charge in [0.2, 0.25) is 0 Å². The Kier molecular flexibility index (Phi) is 4.29. The quantitative estimate of drug-likeness (QED) is 0.855. The molecular formula is C14H20O3. The summed E-state index contributed by atoms with van der Waals surface area (Å²) in [6.07, 6.45) is 0. The summed E-state index contributed by atoms with van der Waals surface area (Å²) in [6, 6.07) is 7.72. The largest absolute Gasteiger partial charge is 0.481 e. The molecule has 0 aliphatic rings. The second-order valence-corrected chi connectivity index (χ2v) is 4.85. The lowest BCUT2D eigenvalue weighted by molar-refractivity contribution is -0.145. The Morgan fingerprint density at radius 2 is 1.88 bits per heavy atom. The molecule has 0 bridgehead atoms. The highest BCUT2D eigenvalue weighted by Crippen LogP contribution is 2.26. The molecule has 0 spiro atoms. The summed E-state index contributed by atoms with van der Waals surface area (Å²) in [5, 5.41) is 9.32. The van der Waals surface area contributed by atoms with Gasteiger partial charge in [0.25, 0.3) is 0 Å². The lowest BCUT2D eigenvalue weighted by Crippen LogP contribution is -2.37. The van der Waals surface area contributed by atoms with Crippen molar-refractivity contribution in [1.29, 1.82) is 0 Å². The van der Waals surface area contributed by atoms with Gasteiger partial charge in [-0.15, -0.1) is 0 Å². The summed E-state index contributed by atoms with van der Waals surface area (Å²) in [5.74, 6) is -0.417. The van der Waals surface area contributed by atoms with Crippen LogP contribution in [0.5, 0.6) is 0 Å². The lowest BCUT2D eigenvalue weighted by atomic mass is 9.82. The van der Waals surface area contributed by atoms with Gasteiger partial charge in [0.15, 0.2) is 0 Å². The Bertz CT molecular complexity index is 381.